The van der Waals surface area contributed by atoms with Gasteiger partial charge in [0.05, 0.1) is 34.8 Å². The third-order valence-electron chi connectivity index (χ3n) is 3.61. The Morgan fingerprint density at radius 3 is 2.65 bits per heavy atom. The number of pyridine rings is 1. The van der Waals surface area contributed by atoms with Gasteiger partial charge in [-0.15, -0.1) is 0 Å². The lowest BCUT2D eigenvalue weighted by Crippen LogP contribution is -2.03. The molecule has 0 saturated heterocycles. The van der Waals surface area contributed by atoms with Crippen LogP contribution in [0.25, 0.3) is 10.9 Å². The van der Waals surface area contributed by atoms with Crippen molar-refractivity contribution in [2.45, 2.75) is 20.4 Å². The van der Waals surface area contributed by atoms with Gasteiger partial charge in [0.15, 0.2) is 0 Å². The summed E-state index contributed by atoms with van der Waals surface area (Å²) in [6.07, 6.45) is 0. The fourth-order valence-corrected chi connectivity index (χ4v) is 2.42. The van der Waals surface area contributed by atoms with Gasteiger partial charge in [0.2, 0.25) is 0 Å². The van der Waals surface area contributed by atoms with Crippen molar-refractivity contribution in [2.75, 3.05) is 5.32 Å². The lowest BCUT2D eigenvalue weighted by Gasteiger charge is -2.07. The molecule has 0 aliphatic heterocycles. The second-order valence-corrected chi connectivity index (χ2v) is 5.02. The molecule has 0 fully saturated rings. The summed E-state index contributed by atoms with van der Waals surface area (Å²) >= 11 is 0. The highest BCUT2D eigenvalue weighted by atomic mass is 15.3. The number of hydrogen-bond donors (Lipinski definition) is 1. The molecule has 0 spiro atoms. The molecule has 0 saturated carbocycles. The molecule has 0 aliphatic rings. The van der Waals surface area contributed by atoms with E-state index in [1.54, 1.807) is 0 Å². The number of benzene rings is 1. The smallest absolute Gasteiger partial charge is 0.0827 e. The molecule has 102 valence electrons. The normalized spacial score (nSPS) is 10.9. The van der Waals surface area contributed by atoms with Crippen LogP contribution < -0.4 is 5.32 Å². The van der Waals surface area contributed by atoms with Gasteiger partial charge in [-0.1, -0.05) is 24.3 Å². The summed E-state index contributed by atoms with van der Waals surface area (Å²) in [4.78, 5) is 4.67. The Morgan fingerprint density at radius 1 is 1.10 bits per heavy atom. The number of para-hydroxylation sites is 1. The maximum absolute atomic E-state index is 4.67. The zero-order chi connectivity index (χ0) is 14.1. The van der Waals surface area contributed by atoms with Gasteiger partial charge in [-0.3, -0.25) is 9.67 Å². The molecule has 20 heavy (non-hydrogen) atoms. The minimum atomic E-state index is 0.707. The first-order valence-corrected chi connectivity index (χ1v) is 6.74. The van der Waals surface area contributed by atoms with E-state index >= 15 is 0 Å². The zero-order valence-electron chi connectivity index (χ0n) is 12.0. The summed E-state index contributed by atoms with van der Waals surface area (Å²) < 4.78 is 1.89. The van der Waals surface area contributed by atoms with E-state index in [2.05, 4.69) is 40.5 Å². The maximum atomic E-state index is 4.67. The molecule has 3 aromatic rings. The van der Waals surface area contributed by atoms with Crippen LogP contribution in [-0.2, 0) is 13.6 Å². The highest BCUT2D eigenvalue weighted by molar-refractivity contribution is 5.78. The first kappa shape index (κ1) is 12.7. The van der Waals surface area contributed by atoms with Crippen LogP contribution in [-0.4, -0.2) is 14.8 Å². The molecule has 1 N–H and O–H groups in total. The topological polar surface area (TPSA) is 42.7 Å². The minimum absolute atomic E-state index is 0.707. The van der Waals surface area contributed by atoms with E-state index in [1.807, 2.05) is 36.9 Å². The van der Waals surface area contributed by atoms with Gasteiger partial charge in [0.1, 0.15) is 0 Å². The van der Waals surface area contributed by atoms with Gasteiger partial charge in [0.25, 0.3) is 0 Å². The van der Waals surface area contributed by atoms with Crippen molar-refractivity contribution in [3.05, 3.63) is 53.5 Å². The van der Waals surface area contributed by atoms with Crippen molar-refractivity contribution in [3.63, 3.8) is 0 Å². The average molecular weight is 266 g/mol. The fraction of sp³-hybridized carbons (Fsp3) is 0.250. The van der Waals surface area contributed by atoms with Gasteiger partial charge in [-0.25, -0.2) is 0 Å². The van der Waals surface area contributed by atoms with E-state index in [-0.39, 0.29) is 0 Å². The lowest BCUT2D eigenvalue weighted by molar-refractivity contribution is 0.731. The molecule has 1 aromatic carbocycles. The number of nitrogens with zero attached hydrogens (tertiary/aromatic N) is 3. The summed E-state index contributed by atoms with van der Waals surface area (Å²) in [5, 5.41) is 9.02. The van der Waals surface area contributed by atoms with Crippen molar-refractivity contribution in [2.24, 2.45) is 7.05 Å². The summed E-state index contributed by atoms with van der Waals surface area (Å²) in [7, 11) is 1.96. The second-order valence-electron chi connectivity index (χ2n) is 5.02. The molecule has 3 rings (SSSR count). The first-order chi connectivity index (χ1) is 9.65. The summed E-state index contributed by atoms with van der Waals surface area (Å²) in [5.41, 5.74) is 5.33. The Morgan fingerprint density at radius 2 is 1.90 bits per heavy atom. The molecular formula is C16H18N4. The second kappa shape index (κ2) is 4.96. The molecule has 0 atom stereocenters. The van der Waals surface area contributed by atoms with Crippen molar-refractivity contribution in [1.82, 2.24) is 14.8 Å². The molecule has 0 bridgehead atoms. The number of anilines is 1. The number of aryl methyl sites for hydroxylation is 2. The SMILES string of the molecule is Cc1nn(C)c(C)c1NCc1ccc2ccccc2n1. The van der Waals surface area contributed by atoms with Crippen LogP contribution in [0.3, 0.4) is 0 Å². The predicted octanol–water partition coefficient (Wildman–Crippen LogP) is 3.20. The first-order valence-electron chi connectivity index (χ1n) is 6.74. The van der Waals surface area contributed by atoms with E-state index in [4.69, 9.17) is 0 Å². The van der Waals surface area contributed by atoms with Gasteiger partial charge < -0.3 is 5.32 Å². The van der Waals surface area contributed by atoms with Crippen molar-refractivity contribution >= 4 is 16.6 Å². The number of rotatable bonds is 3. The number of fused-ring (bicyclic) bond motifs is 1. The fourth-order valence-electron chi connectivity index (χ4n) is 2.42. The number of aromatic nitrogens is 3. The van der Waals surface area contributed by atoms with Crippen LogP contribution in [0.5, 0.6) is 0 Å². The van der Waals surface area contributed by atoms with Crippen LogP contribution in [0.4, 0.5) is 5.69 Å². The highest BCUT2D eigenvalue weighted by Crippen LogP contribution is 2.19. The van der Waals surface area contributed by atoms with E-state index in [1.165, 1.54) is 5.39 Å². The average Bonchev–Trinajstić information content (AvgIpc) is 2.70. The zero-order valence-corrected chi connectivity index (χ0v) is 12.0. The van der Waals surface area contributed by atoms with Crippen LogP contribution >= 0.6 is 0 Å². The van der Waals surface area contributed by atoms with E-state index in [0.29, 0.717) is 6.54 Å². The monoisotopic (exact) mass is 266 g/mol. The minimum Gasteiger partial charge on any atom is -0.376 e. The van der Waals surface area contributed by atoms with Crippen molar-refractivity contribution < 1.29 is 0 Å². The largest absolute Gasteiger partial charge is 0.376 e. The third-order valence-corrected chi connectivity index (χ3v) is 3.61. The van der Waals surface area contributed by atoms with Crippen LogP contribution in [0.2, 0.25) is 0 Å². The number of nitrogens with one attached hydrogen (secondary N) is 1. The summed E-state index contributed by atoms with van der Waals surface area (Å²) in [6, 6.07) is 12.3. The van der Waals surface area contributed by atoms with Crippen molar-refractivity contribution in [3.8, 4) is 0 Å². The Bertz CT molecular complexity index is 758. The molecular weight excluding hydrogens is 248 g/mol. The number of hydrogen-bond acceptors (Lipinski definition) is 3. The predicted molar refractivity (Wildman–Crippen MR) is 81.8 cm³/mol. The van der Waals surface area contributed by atoms with Crippen molar-refractivity contribution in [1.29, 1.82) is 0 Å². The van der Waals surface area contributed by atoms with E-state index in [9.17, 15) is 0 Å². The lowest BCUT2D eigenvalue weighted by atomic mass is 10.2. The molecule has 0 radical (unpaired) electrons. The Labute approximate surface area is 118 Å². The highest BCUT2D eigenvalue weighted by Gasteiger charge is 2.08. The van der Waals surface area contributed by atoms with Gasteiger partial charge in [-0.05, 0) is 26.0 Å². The summed E-state index contributed by atoms with van der Waals surface area (Å²) in [5.74, 6) is 0. The summed E-state index contributed by atoms with van der Waals surface area (Å²) in [6.45, 7) is 4.79. The molecule has 0 aliphatic carbocycles. The molecule has 0 amide bonds. The Balaban J connectivity index is 1.83. The van der Waals surface area contributed by atoms with Crippen LogP contribution in [0, 0.1) is 13.8 Å². The molecule has 4 heteroatoms. The van der Waals surface area contributed by atoms with Crippen LogP contribution in [0.15, 0.2) is 36.4 Å². The molecule has 4 nitrogen and oxygen atoms in total. The van der Waals surface area contributed by atoms with Crippen LogP contribution in [0.1, 0.15) is 17.1 Å². The van der Waals surface area contributed by atoms with Gasteiger partial charge in [-0.2, -0.15) is 5.10 Å². The Hall–Kier alpha value is -2.36. The molecule has 2 heterocycles. The van der Waals surface area contributed by atoms with E-state index < -0.39 is 0 Å². The molecule has 2 aromatic heterocycles. The van der Waals surface area contributed by atoms with Gasteiger partial charge in [0, 0.05) is 12.4 Å². The van der Waals surface area contributed by atoms with Gasteiger partial charge >= 0.3 is 0 Å². The third kappa shape index (κ3) is 2.25. The Kier molecular flexibility index (Phi) is 3.14. The maximum Gasteiger partial charge on any atom is 0.0827 e. The standard InChI is InChI=1S/C16H18N4/c1-11-16(12(2)20(3)19-11)17-10-14-9-8-13-6-4-5-7-15(13)18-14/h4-9,17H,10H2,1-3H3. The van der Waals surface area contributed by atoms with E-state index in [0.717, 1.165) is 28.3 Å². The molecule has 0 unspecified atom stereocenters. The quantitative estimate of drug-likeness (QED) is 0.791.